The number of benzene rings is 3. The van der Waals surface area contributed by atoms with Crippen molar-refractivity contribution in [3.63, 3.8) is 0 Å². The Labute approximate surface area is 184 Å². The highest BCUT2D eigenvalue weighted by atomic mass is 79.9. The smallest absolute Gasteiger partial charge is 0.276 e. The molecule has 0 spiro atoms. The monoisotopic (exact) mass is 488 g/mol. The highest BCUT2D eigenvalue weighted by molar-refractivity contribution is 9.10. The summed E-state index contributed by atoms with van der Waals surface area (Å²) in [5.41, 5.74) is 1.70. The molecule has 0 aliphatic carbocycles. The number of halogens is 1. The minimum absolute atomic E-state index is 0.147. The van der Waals surface area contributed by atoms with E-state index in [9.17, 15) is 8.42 Å². The maximum atomic E-state index is 12.2. The van der Waals surface area contributed by atoms with Crippen molar-refractivity contribution in [1.82, 2.24) is 4.83 Å². The van der Waals surface area contributed by atoms with Crippen LogP contribution in [0.3, 0.4) is 0 Å². The van der Waals surface area contributed by atoms with Gasteiger partial charge in [-0.25, -0.2) is 4.83 Å². The summed E-state index contributed by atoms with van der Waals surface area (Å²) in [5.74, 6) is 1.16. The lowest BCUT2D eigenvalue weighted by atomic mass is 10.2. The normalized spacial score (nSPS) is 11.4. The van der Waals surface area contributed by atoms with Gasteiger partial charge in [0.25, 0.3) is 10.0 Å². The highest BCUT2D eigenvalue weighted by Gasteiger charge is 2.11. The van der Waals surface area contributed by atoms with Crippen LogP contribution >= 0.6 is 15.9 Å². The van der Waals surface area contributed by atoms with Gasteiger partial charge in [-0.05, 0) is 60.5 Å². The fourth-order valence-electron chi connectivity index (χ4n) is 2.56. The number of hydrazone groups is 1. The summed E-state index contributed by atoms with van der Waals surface area (Å²) in [6.45, 7) is 2.75. The Bertz CT molecular complexity index is 1100. The van der Waals surface area contributed by atoms with Crippen LogP contribution in [0, 0.1) is 0 Å². The van der Waals surface area contributed by atoms with E-state index < -0.39 is 10.0 Å². The third-order valence-electron chi connectivity index (χ3n) is 4.02. The topological polar surface area (TPSA) is 77.0 Å². The Morgan fingerprint density at radius 3 is 2.40 bits per heavy atom. The van der Waals surface area contributed by atoms with Gasteiger partial charge in [0.05, 0.1) is 17.7 Å². The Kier molecular flexibility index (Phi) is 7.48. The Hall–Kier alpha value is -2.84. The number of hydrogen-bond donors (Lipinski definition) is 1. The van der Waals surface area contributed by atoms with Gasteiger partial charge in [-0.1, -0.05) is 46.3 Å². The minimum atomic E-state index is -3.71. The lowest BCUT2D eigenvalue weighted by molar-refractivity contribution is 0.269. The molecule has 156 valence electrons. The van der Waals surface area contributed by atoms with Crippen molar-refractivity contribution in [2.24, 2.45) is 5.10 Å². The molecular formula is C22H21BrN2O4S. The lowest BCUT2D eigenvalue weighted by Gasteiger charge is -2.12. The van der Waals surface area contributed by atoms with Gasteiger partial charge in [-0.3, -0.25) is 0 Å². The molecule has 0 radical (unpaired) electrons. The first-order chi connectivity index (χ1) is 14.5. The molecule has 1 N–H and O–H groups in total. The molecule has 0 heterocycles. The van der Waals surface area contributed by atoms with Crippen molar-refractivity contribution in [2.45, 2.75) is 18.4 Å². The first-order valence-electron chi connectivity index (χ1n) is 9.22. The Balaban J connectivity index is 1.69. The summed E-state index contributed by atoms with van der Waals surface area (Å²) in [6, 6.07) is 21.2. The van der Waals surface area contributed by atoms with Crippen molar-refractivity contribution in [2.75, 3.05) is 6.61 Å². The largest absolute Gasteiger partial charge is 0.490 e. The molecule has 0 saturated heterocycles. The molecule has 0 aliphatic heterocycles. The molecule has 3 rings (SSSR count). The van der Waals surface area contributed by atoms with Gasteiger partial charge in [0.15, 0.2) is 11.5 Å². The van der Waals surface area contributed by atoms with Crippen LogP contribution in [0.4, 0.5) is 0 Å². The predicted octanol–water partition coefficient (Wildman–Crippen LogP) is 4.74. The fourth-order valence-corrected chi connectivity index (χ4v) is 3.63. The molecule has 0 aliphatic rings. The number of nitrogens with one attached hydrogen (secondary N) is 1. The van der Waals surface area contributed by atoms with Crippen molar-refractivity contribution < 1.29 is 17.9 Å². The molecule has 0 aromatic heterocycles. The second kappa shape index (κ2) is 10.3. The van der Waals surface area contributed by atoms with Crippen LogP contribution in [0.15, 0.2) is 87.3 Å². The molecule has 30 heavy (non-hydrogen) atoms. The van der Waals surface area contributed by atoms with Crippen LogP contribution in [0.5, 0.6) is 11.5 Å². The molecule has 0 fully saturated rings. The van der Waals surface area contributed by atoms with Gasteiger partial charge >= 0.3 is 0 Å². The van der Waals surface area contributed by atoms with Gasteiger partial charge in [0.1, 0.15) is 6.61 Å². The summed E-state index contributed by atoms with van der Waals surface area (Å²) in [5, 5.41) is 3.86. The van der Waals surface area contributed by atoms with Crippen molar-refractivity contribution >= 4 is 32.2 Å². The van der Waals surface area contributed by atoms with Gasteiger partial charge in [-0.2, -0.15) is 13.5 Å². The van der Waals surface area contributed by atoms with Crippen LogP contribution < -0.4 is 14.3 Å². The molecule has 0 bridgehead atoms. The molecule has 3 aromatic rings. The van der Waals surface area contributed by atoms with E-state index >= 15 is 0 Å². The quantitative estimate of drug-likeness (QED) is 0.348. The molecule has 0 atom stereocenters. The van der Waals surface area contributed by atoms with E-state index in [0.717, 1.165) is 10.0 Å². The zero-order valence-corrected chi connectivity index (χ0v) is 18.7. The molecule has 6 nitrogen and oxygen atoms in total. The first kappa shape index (κ1) is 21.9. The molecule has 8 heteroatoms. The second-order valence-electron chi connectivity index (χ2n) is 6.22. The standard InChI is InChI=1S/C22H21BrN2O4S/c1-2-28-22-14-18(15-24-25-30(26,27)20-6-4-3-5-7-20)10-13-21(22)29-16-17-8-11-19(23)12-9-17/h3-15,25H,2,16H2,1H3. The van der Waals surface area contributed by atoms with Gasteiger partial charge in [0, 0.05) is 4.47 Å². The Morgan fingerprint density at radius 2 is 1.70 bits per heavy atom. The summed E-state index contributed by atoms with van der Waals surface area (Å²) < 4.78 is 37.0. The number of sulfonamides is 1. The van der Waals surface area contributed by atoms with Crippen LogP contribution in [-0.4, -0.2) is 21.2 Å². The molecule has 0 unspecified atom stereocenters. The van der Waals surface area contributed by atoms with E-state index in [4.69, 9.17) is 9.47 Å². The lowest BCUT2D eigenvalue weighted by Crippen LogP contribution is -2.18. The van der Waals surface area contributed by atoms with Crippen molar-refractivity contribution in [1.29, 1.82) is 0 Å². The van der Waals surface area contributed by atoms with Crippen molar-refractivity contribution in [3.8, 4) is 11.5 Å². The maximum Gasteiger partial charge on any atom is 0.276 e. The molecule has 3 aromatic carbocycles. The van der Waals surface area contributed by atoms with Gasteiger partial charge in [-0.15, -0.1) is 0 Å². The van der Waals surface area contributed by atoms with E-state index in [-0.39, 0.29) is 4.90 Å². The number of rotatable bonds is 9. The number of hydrogen-bond acceptors (Lipinski definition) is 5. The second-order valence-corrected chi connectivity index (χ2v) is 8.80. The zero-order chi connectivity index (χ0) is 21.4. The highest BCUT2D eigenvalue weighted by Crippen LogP contribution is 2.29. The SMILES string of the molecule is CCOc1cc(C=NNS(=O)(=O)c2ccccc2)ccc1OCc1ccc(Br)cc1. The summed E-state index contributed by atoms with van der Waals surface area (Å²) >= 11 is 3.41. The minimum Gasteiger partial charge on any atom is -0.490 e. The third-order valence-corrected chi connectivity index (χ3v) is 5.78. The zero-order valence-electron chi connectivity index (χ0n) is 16.3. The van der Waals surface area contributed by atoms with Crippen molar-refractivity contribution in [3.05, 3.63) is 88.4 Å². The number of nitrogens with zero attached hydrogens (tertiary/aromatic N) is 1. The summed E-state index contributed by atoms with van der Waals surface area (Å²) in [4.78, 5) is 2.35. The van der Waals surface area contributed by atoms with Gasteiger partial charge in [0.2, 0.25) is 0 Å². The molecular weight excluding hydrogens is 468 g/mol. The van der Waals surface area contributed by atoms with Crippen LogP contribution in [-0.2, 0) is 16.6 Å². The maximum absolute atomic E-state index is 12.2. The van der Waals surface area contributed by atoms with Crippen LogP contribution in [0.25, 0.3) is 0 Å². The van der Waals surface area contributed by atoms with E-state index in [1.807, 2.05) is 31.2 Å². The molecule has 0 amide bonds. The summed E-state index contributed by atoms with van der Waals surface area (Å²) in [7, 11) is -3.71. The molecule has 0 saturated carbocycles. The average molecular weight is 489 g/mol. The van der Waals surface area contributed by atoms with E-state index in [2.05, 4.69) is 25.9 Å². The fraction of sp³-hybridized carbons (Fsp3) is 0.136. The third kappa shape index (κ3) is 6.08. The average Bonchev–Trinajstić information content (AvgIpc) is 2.75. The first-order valence-corrected chi connectivity index (χ1v) is 11.5. The van der Waals surface area contributed by atoms with E-state index in [1.165, 1.54) is 18.3 Å². The van der Waals surface area contributed by atoms with Crippen LogP contribution in [0.2, 0.25) is 0 Å². The predicted molar refractivity (Wildman–Crippen MR) is 120 cm³/mol. The van der Waals surface area contributed by atoms with Gasteiger partial charge < -0.3 is 9.47 Å². The number of ether oxygens (including phenoxy) is 2. The Morgan fingerprint density at radius 1 is 0.967 bits per heavy atom. The van der Waals surface area contributed by atoms with Crippen LogP contribution in [0.1, 0.15) is 18.1 Å². The van der Waals surface area contributed by atoms with E-state index in [1.54, 1.807) is 36.4 Å². The van der Waals surface area contributed by atoms with E-state index in [0.29, 0.717) is 30.3 Å². The summed E-state index contributed by atoms with van der Waals surface area (Å²) in [6.07, 6.45) is 1.42.